The van der Waals surface area contributed by atoms with E-state index in [-0.39, 0.29) is 5.41 Å². The first-order valence-corrected chi connectivity index (χ1v) is 14.2. The summed E-state index contributed by atoms with van der Waals surface area (Å²) in [6.07, 6.45) is 0. The molecule has 0 fully saturated rings. The number of hydrogen-bond donors (Lipinski definition) is 0. The molecule has 190 valence electrons. The lowest BCUT2D eigenvalue weighted by Crippen LogP contribution is -2.25. The van der Waals surface area contributed by atoms with Gasteiger partial charge in [0.05, 0.1) is 16.6 Å². The van der Waals surface area contributed by atoms with E-state index in [1.165, 1.54) is 66.6 Å². The van der Waals surface area contributed by atoms with Crippen LogP contribution in [0.2, 0.25) is 0 Å². The van der Waals surface area contributed by atoms with Crippen LogP contribution in [0, 0.1) is 0 Å². The molecule has 6 aromatic carbocycles. The number of pyridine rings is 1. The normalized spacial score (nSPS) is 13.6. The van der Waals surface area contributed by atoms with Crippen molar-refractivity contribution in [2.45, 2.75) is 5.41 Å². The Morgan fingerprint density at radius 1 is 0.366 bits per heavy atom. The SMILES string of the molecule is c1ccc(-c2cccc3nc(-c4cccc5c4-c4ccccc4C54c5ccccc5-c5ccccc54)ccc23)cc1. The average Bonchev–Trinajstić information content (AvgIpc) is 3.52. The molecule has 0 unspecified atom stereocenters. The van der Waals surface area contributed by atoms with Crippen LogP contribution in [0.15, 0.2) is 152 Å². The molecule has 0 radical (unpaired) electrons. The third-order valence-corrected chi connectivity index (χ3v) is 9.11. The predicted octanol–water partition coefficient (Wildman–Crippen LogP) is 9.91. The van der Waals surface area contributed by atoms with Crippen molar-refractivity contribution in [3.05, 3.63) is 174 Å². The molecule has 0 bridgehead atoms. The van der Waals surface area contributed by atoms with Gasteiger partial charge >= 0.3 is 0 Å². The van der Waals surface area contributed by atoms with Crippen LogP contribution in [0.25, 0.3) is 55.5 Å². The second-order valence-corrected chi connectivity index (χ2v) is 11.0. The highest BCUT2D eigenvalue weighted by molar-refractivity contribution is 6.01. The Kier molecular flexibility index (Phi) is 4.60. The van der Waals surface area contributed by atoms with Crippen molar-refractivity contribution in [1.29, 1.82) is 0 Å². The van der Waals surface area contributed by atoms with E-state index in [4.69, 9.17) is 4.98 Å². The second-order valence-electron chi connectivity index (χ2n) is 11.0. The standard InChI is InChI=1S/C40H25N/c1-2-12-26(13-3-1)27-17-11-23-37-30(27)24-25-38(41-37)32-18-10-22-36-39(32)31-16-6-9-21-35(31)40(36)33-19-7-4-14-28(33)29-15-5-8-20-34(29)40/h1-25H. The van der Waals surface area contributed by atoms with Crippen LogP contribution in [0.4, 0.5) is 0 Å². The van der Waals surface area contributed by atoms with E-state index in [0.29, 0.717) is 0 Å². The molecule has 1 heteroatoms. The summed E-state index contributed by atoms with van der Waals surface area (Å²) >= 11 is 0. The Morgan fingerprint density at radius 3 is 1.63 bits per heavy atom. The Hall–Kier alpha value is -5.27. The Bertz CT molecular complexity index is 2110. The Balaban J connectivity index is 1.33. The highest BCUT2D eigenvalue weighted by atomic mass is 14.7. The van der Waals surface area contributed by atoms with Gasteiger partial charge in [-0.3, -0.25) is 0 Å². The fourth-order valence-corrected chi connectivity index (χ4v) is 7.53. The lowest BCUT2D eigenvalue weighted by Gasteiger charge is -2.30. The first-order chi connectivity index (χ1) is 20.4. The van der Waals surface area contributed by atoms with E-state index in [2.05, 4.69) is 152 Å². The van der Waals surface area contributed by atoms with E-state index in [0.717, 1.165) is 11.2 Å². The van der Waals surface area contributed by atoms with Gasteiger partial charge in [0, 0.05) is 10.9 Å². The van der Waals surface area contributed by atoms with Crippen LogP contribution in [0.3, 0.4) is 0 Å². The van der Waals surface area contributed by atoms with Gasteiger partial charge in [-0.25, -0.2) is 4.98 Å². The lowest BCUT2D eigenvalue weighted by atomic mass is 9.70. The summed E-state index contributed by atoms with van der Waals surface area (Å²) in [4.78, 5) is 5.29. The lowest BCUT2D eigenvalue weighted by molar-refractivity contribution is 0.794. The predicted molar refractivity (Wildman–Crippen MR) is 169 cm³/mol. The van der Waals surface area contributed by atoms with Gasteiger partial charge in [-0.1, -0.05) is 140 Å². The summed E-state index contributed by atoms with van der Waals surface area (Å²) < 4.78 is 0. The van der Waals surface area contributed by atoms with E-state index < -0.39 is 0 Å². The molecule has 0 saturated carbocycles. The fourth-order valence-electron chi connectivity index (χ4n) is 7.53. The number of nitrogens with zero attached hydrogens (tertiary/aromatic N) is 1. The van der Waals surface area contributed by atoms with E-state index in [1.54, 1.807) is 0 Å². The molecule has 0 aliphatic heterocycles. The molecule has 1 aromatic heterocycles. The summed E-state index contributed by atoms with van der Waals surface area (Å²) in [6.45, 7) is 0. The zero-order chi connectivity index (χ0) is 27.0. The number of benzene rings is 6. The quantitative estimate of drug-likeness (QED) is 0.221. The summed E-state index contributed by atoms with van der Waals surface area (Å²) in [5.41, 5.74) is 15.9. The molecule has 41 heavy (non-hydrogen) atoms. The maximum atomic E-state index is 5.29. The van der Waals surface area contributed by atoms with Gasteiger partial charge < -0.3 is 0 Å². The highest BCUT2D eigenvalue weighted by Crippen LogP contribution is 2.63. The van der Waals surface area contributed by atoms with Gasteiger partial charge in [-0.05, 0) is 67.8 Å². The average molecular weight is 520 g/mol. The molecule has 1 spiro atoms. The second kappa shape index (κ2) is 8.36. The topological polar surface area (TPSA) is 12.9 Å². The molecule has 0 amide bonds. The highest BCUT2D eigenvalue weighted by Gasteiger charge is 2.51. The van der Waals surface area contributed by atoms with Crippen LogP contribution in [-0.4, -0.2) is 4.98 Å². The number of hydrogen-bond acceptors (Lipinski definition) is 1. The van der Waals surface area contributed by atoms with Gasteiger partial charge in [0.15, 0.2) is 0 Å². The van der Waals surface area contributed by atoms with Crippen molar-refractivity contribution in [2.75, 3.05) is 0 Å². The number of rotatable bonds is 2. The van der Waals surface area contributed by atoms with Crippen LogP contribution < -0.4 is 0 Å². The van der Waals surface area contributed by atoms with Gasteiger partial charge in [0.25, 0.3) is 0 Å². The summed E-state index contributed by atoms with van der Waals surface area (Å²) in [7, 11) is 0. The number of aromatic nitrogens is 1. The van der Waals surface area contributed by atoms with Gasteiger partial charge in [0.1, 0.15) is 0 Å². The third-order valence-electron chi connectivity index (χ3n) is 9.11. The molecular formula is C40H25N. The smallest absolute Gasteiger partial charge is 0.0725 e. The van der Waals surface area contributed by atoms with Gasteiger partial charge in [-0.2, -0.15) is 0 Å². The molecule has 2 aliphatic carbocycles. The summed E-state index contributed by atoms with van der Waals surface area (Å²) in [5.74, 6) is 0. The van der Waals surface area contributed by atoms with Gasteiger partial charge in [-0.15, -0.1) is 0 Å². The van der Waals surface area contributed by atoms with Crippen LogP contribution in [-0.2, 0) is 5.41 Å². The zero-order valence-electron chi connectivity index (χ0n) is 22.4. The largest absolute Gasteiger partial charge is 0.248 e. The maximum absolute atomic E-state index is 5.29. The minimum Gasteiger partial charge on any atom is -0.248 e. The van der Waals surface area contributed by atoms with E-state index in [9.17, 15) is 0 Å². The minimum absolute atomic E-state index is 0.341. The molecular weight excluding hydrogens is 494 g/mol. The molecule has 7 aromatic rings. The first kappa shape index (κ1) is 22.5. The third kappa shape index (κ3) is 2.93. The number of fused-ring (bicyclic) bond motifs is 11. The molecule has 0 saturated heterocycles. The summed E-state index contributed by atoms with van der Waals surface area (Å²) in [6, 6.07) is 55.2. The molecule has 2 aliphatic rings. The first-order valence-electron chi connectivity index (χ1n) is 14.2. The molecule has 1 heterocycles. The van der Waals surface area contributed by atoms with Crippen LogP contribution in [0.5, 0.6) is 0 Å². The van der Waals surface area contributed by atoms with Crippen molar-refractivity contribution < 1.29 is 0 Å². The van der Waals surface area contributed by atoms with E-state index >= 15 is 0 Å². The molecule has 1 nitrogen and oxygen atoms in total. The van der Waals surface area contributed by atoms with Crippen LogP contribution in [0.1, 0.15) is 22.3 Å². The Morgan fingerprint density at radius 2 is 0.902 bits per heavy atom. The maximum Gasteiger partial charge on any atom is 0.0725 e. The van der Waals surface area contributed by atoms with Gasteiger partial charge in [0.2, 0.25) is 0 Å². The zero-order valence-corrected chi connectivity index (χ0v) is 22.4. The Labute approximate surface area is 239 Å². The summed E-state index contributed by atoms with van der Waals surface area (Å²) in [5, 5.41) is 1.17. The van der Waals surface area contributed by atoms with Crippen molar-refractivity contribution in [1.82, 2.24) is 4.98 Å². The van der Waals surface area contributed by atoms with Crippen molar-refractivity contribution in [2.24, 2.45) is 0 Å². The van der Waals surface area contributed by atoms with E-state index in [1.807, 2.05) is 0 Å². The monoisotopic (exact) mass is 519 g/mol. The fraction of sp³-hybridized carbons (Fsp3) is 0.0250. The molecule has 0 N–H and O–H groups in total. The van der Waals surface area contributed by atoms with Crippen molar-refractivity contribution in [3.63, 3.8) is 0 Å². The minimum atomic E-state index is -0.341. The van der Waals surface area contributed by atoms with Crippen molar-refractivity contribution >= 4 is 10.9 Å². The van der Waals surface area contributed by atoms with Crippen molar-refractivity contribution in [3.8, 4) is 44.6 Å². The van der Waals surface area contributed by atoms with Crippen LogP contribution >= 0.6 is 0 Å². The molecule has 0 atom stereocenters. The molecule has 9 rings (SSSR count).